The third-order valence-electron chi connectivity index (χ3n) is 4.24. The molecule has 0 aliphatic carbocycles. The minimum atomic E-state index is -0.901. The van der Waals surface area contributed by atoms with Crippen LogP contribution in [0.2, 0.25) is 0 Å². The monoisotopic (exact) mass is 357 g/mol. The molecule has 0 bridgehead atoms. The number of hydrazone groups is 1. The van der Waals surface area contributed by atoms with Crippen molar-refractivity contribution in [3.8, 4) is 0 Å². The van der Waals surface area contributed by atoms with Crippen molar-refractivity contribution in [1.29, 1.82) is 0 Å². The first-order valence-electron chi connectivity index (χ1n) is 8.36. The average Bonchev–Trinajstić information content (AvgIpc) is 3.00. The Balaban J connectivity index is 1.55. The van der Waals surface area contributed by atoms with Crippen LogP contribution in [0, 0.1) is 0 Å². The number of nitrogens with zero attached hydrogens (tertiary/aromatic N) is 5. The minimum absolute atomic E-state index is 0.335. The molecule has 0 spiro atoms. The van der Waals surface area contributed by atoms with Gasteiger partial charge in [-0.15, -0.1) is 0 Å². The summed E-state index contributed by atoms with van der Waals surface area (Å²) in [7, 11) is 0. The molecule has 0 N–H and O–H groups in total. The topological polar surface area (TPSA) is 87.4 Å². The van der Waals surface area contributed by atoms with Gasteiger partial charge in [0, 0.05) is 18.0 Å². The zero-order valence-corrected chi connectivity index (χ0v) is 14.5. The largest absolute Gasteiger partial charge is 0.282 e. The Bertz CT molecular complexity index is 1090. The summed E-state index contributed by atoms with van der Waals surface area (Å²) in [5.74, 6) is -1.02. The number of hydrogen-bond donors (Lipinski definition) is 0. The van der Waals surface area contributed by atoms with Gasteiger partial charge in [0.25, 0.3) is 11.8 Å². The fraction of sp³-hybridized carbons (Fsp3) is 0.100. The van der Waals surface area contributed by atoms with Gasteiger partial charge in [0.15, 0.2) is 6.04 Å². The first kappa shape index (κ1) is 16.7. The smallest absolute Gasteiger partial charge is 0.269 e. The normalized spacial score (nSPS) is 16.9. The maximum atomic E-state index is 12.6. The lowest BCUT2D eigenvalue weighted by atomic mass is 10.1. The molecule has 0 fully saturated rings. The number of benzene rings is 2. The van der Waals surface area contributed by atoms with Crippen LogP contribution in [-0.4, -0.2) is 33.6 Å². The van der Waals surface area contributed by atoms with Crippen molar-refractivity contribution in [3.05, 3.63) is 72.6 Å². The molecule has 0 saturated carbocycles. The van der Waals surface area contributed by atoms with Crippen molar-refractivity contribution in [2.75, 3.05) is 0 Å². The van der Waals surface area contributed by atoms with Crippen LogP contribution in [0.1, 0.15) is 17.3 Å². The number of carbonyl (C=O) groups is 2. The summed E-state index contributed by atoms with van der Waals surface area (Å²) in [4.78, 5) is 28.9. The number of amides is 2. The summed E-state index contributed by atoms with van der Waals surface area (Å²) in [5.41, 5.74) is 1.39. The van der Waals surface area contributed by atoms with E-state index in [1.54, 1.807) is 6.92 Å². The van der Waals surface area contributed by atoms with E-state index >= 15 is 0 Å². The average molecular weight is 357 g/mol. The standard InChI is InChI=1S/C20H15N5O2/c1-13-18(20(27)25(24-13)19(26)15-8-10-21-11-9-15)23-22-17-7-6-14-4-2-3-5-16(14)12-17/h2-12,18H,1H3/b23-22+. The number of hydrogen-bond acceptors (Lipinski definition) is 6. The van der Waals surface area contributed by atoms with E-state index < -0.39 is 17.9 Å². The highest BCUT2D eigenvalue weighted by Crippen LogP contribution is 2.23. The van der Waals surface area contributed by atoms with E-state index in [0.717, 1.165) is 15.8 Å². The molecule has 7 nitrogen and oxygen atoms in total. The van der Waals surface area contributed by atoms with Crippen molar-refractivity contribution in [1.82, 2.24) is 9.99 Å². The zero-order chi connectivity index (χ0) is 18.8. The Morgan fingerprint density at radius 3 is 2.56 bits per heavy atom. The van der Waals surface area contributed by atoms with E-state index in [9.17, 15) is 9.59 Å². The maximum absolute atomic E-state index is 12.6. The van der Waals surface area contributed by atoms with Gasteiger partial charge in [-0.2, -0.15) is 20.3 Å². The molecule has 1 aliphatic rings. The fourth-order valence-corrected chi connectivity index (χ4v) is 2.81. The van der Waals surface area contributed by atoms with E-state index in [0.29, 0.717) is 17.0 Å². The highest BCUT2D eigenvalue weighted by atomic mass is 16.2. The van der Waals surface area contributed by atoms with Crippen LogP contribution < -0.4 is 0 Å². The second kappa shape index (κ2) is 6.87. The summed E-state index contributed by atoms with van der Waals surface area (Å²) < 4.78 is 0. The molecule has 2 aromatic carbocycles. The van der Waals surface area contributed by atoms with Gasteiger partial charge in [-0.3, -0.25) is 14.6 Å². The van der Waals surface area contributed by atoms with Crippen LogP contribution in [0.3, 0.4) is 0 Å². The SMILES string of the molecule is CC1=NN(C(=O)c2ccncc2)C(=O)C1/N=N/c1ccc2ccccc2c1. The van der Waals surface area contributed by atoms with Crippen LogP contribution in [0.4, 0.5) is 5.69 Å². The van der Waals surface area contributed by atoms with Gasteiger partial charge in [0.1, 0.15) is 0 Å². The summed E-state index contributed by atoms with van der Waals surface area (Å²) >= 11 is 0. The molecule has 2 heterocycles. The van der Waals surface area contributed by atoms with Crippen molar-refractivity contribution in [2.45, 2.75) is 13.0 Å². The number of fused-ring (bicyclic) bond motifs is 1. The third kappa shape index (κ3) is 3.22. The zero-order valence-electron chi connectivity index (χ0n) is 14.5. The molecule has 1 aliphatic heterocycles. The molecule has 0 saturated heterocycles. The van der Waals surface area contributed by atoms with E-state index in [1.165, 1.54) is 24.5 Å². The molecule has 1 unspecified atom stereocenters. The Morgan fingerprint density at radius 1 is 1.04 bits per heavy atom. The van der Waals surface area contributed by atoms with E-state index in [1.807, 2.05) is 42.5 Å². The van der Waals surface area contributed by atoms with Crippen molar-refractivity contribution >= 4 is 34.0 Å². The molecule has 4 rings (SSSR count). The molecule has 2 amide bonds. The van der Waals surface area contributed by atoms with Crippen molar-refractivity contribution in [3.63, 3.8) is 0 Å². The first-order valence-corrected chi connectivity index (χ1v) is 8.36. The summed E-state index contributed by atoms with van der Waals surface area (Å²) in [6.45, 7) is 1.65. The second-order valence-corrected chi connectivity index (χ2v) is 6.08. The summed E-state index contributed by atoms with van der Waals surface area (Å²) in [6, 6.07) is 15.7. The quantitative estimate of drug-likeness (QED) is 0.528. The lowest BCUT2D eigenvalue weighted by molar-refractivity contribution is -0.127. The Kier molecular flexibility index (Phi) is 4.25. The number of azo groups is 1. The van der Waals surface area contributed by atoms with Crippen LogP contribution >= 0.6 is 0 Å². The van der Waals surface area contributed by atoms with Gasteiger partial charge in [-0.1, -0.05) is 30.3 Å². The first-order chi connectivity index (χ1) is 13.1. The fourth-order valence-electron chi connectivity index (χ4n) is 2.81. The van der Waals surface area contributed by atoms with E-state index in [-0.39, 0.29) is 0 Å². The molecular formula is C20H15N5O2. The highest BCUT2D eigenvalue weighted by molar-refractivity contribution is 6.18. The molecule has 7 heteroatoms. The van der Waals surface area contributed by atoms with Gasteiger partial charge in [0.2, 0.25) is 0 Å². The molecule has 3 aromatic rings. The lowest BCUT2D eigenvalue weighted by Gasteiger charge is -2.10. The van der Waals surface area contributed by atoms with Crippen LogP contribution in [0.25, 0.3) is 10.8 Å². The number of rotatable bonds is 3. The molecule has 132 valence electrons. The van der Waals surface area contributed by atoms with Gasteiger partial charge >= 0.3 is 0 Å². The predicted octanol–water partition coefficient (Wildman–Crippen LogP) is 3.75. The van der Waals surface area contributed by atoms with E-state index in [2.05, 4.69) is 20.3 Å². The number of aromatic nitrogens is 1. The Morgan fingerprint density at radius 2 is 1.78 bits per heavy atom. The van der Waals surface area contributed by atoms with Crippen LogP contribution in [-0.2, 0) is 4.79 Å². The second-order valence-electron chi connectivity index (χ2n) is 6.08. The minimum Gasteiger partial charge on any atom is -0.269 e. The molecule has 0 radical (unpaired) electrons. The number of imide groups is 1. The van der Waals surface area contributed by atoms with Gasteiger partial charge in [-0.05, 0) is 42.0 Å². The van der Waals surface area contributed by atoms with Gasteiger partial charge < -0.3 is 0 Å². The molecule has 1 aromatic heterocycles. The lowest BCUT2D eigenvalue weighted by Crippen LogP contribution is -2.34. The molecule has 1 atom stereocenters. The Labute approximate surface area is 155 Å². The van der Waals surface area contributed by atoms with Crippen molar-refractivity contribution in [2.24, 2.45) is 15.3 Å². The van der Waals surface area contributed by atoms with Crippen LogP contribution in [0.5, 0.6) is 0 Å². The van der Waals surface area contributed by atoms with Crippen LogP contribution in [0.15, 0.2) is 82.3 Å². The molecule has 27 heavy (non-hydrogen) atoms. The molecular weight excluding hydrogens is 342 g/mol. The third-order valence-corrected chi connectivity index (χ3v) is 4.24. The van der Waals surface area contributed by atoms with Gasteiger partial charge in [0.05, 0.1) is 11.4 Å². The highest BCUT2D eigenvalue weighted by Gasteiger charge is 2.38. The number of carbonyl (C=O) groups excluding carboxylic acids is 2. The summed E-state index contributed by atoms with van der Waals surface area (Å²) in [5, 5.41) is 15.3. The van der Waals surface area contributed by atoms with Gasteiger partial charge in [-0.25, -0.2) is 0 Å². The Hall–Kier alpha value is -3.74. The summed E-state index contributed by atoms with van der Waals surface area (Å²) in [6.07, 6.45) is 2.97. The predicted molar refractivity (Wildman–Crippen MR) is 101 cm³/mol. The maximum Gasteiger partial charge on any atom is 0.282 e. The van der Waals surface area contributed by atoms with E-state index in [4.69, 9.17) is 0 Å². The van der Waals surface area contributed by atoms with Crippen molar-refractivity contribution < 1.29 is 9.59 Å². The number of pyridine rings is 1.